The molecule has 2 aromatic rings. The Morgan fingerprint density at radius 3 is 2.00 bits per heavy atom. The topological polar surface area (TPSA) is 43.4 Å². The highest BCUT2D eigenvalue weighted by atomic mass is 35.5. The smallest absolute Gasteiger partial charge is 0.160 e. The lowest BCUT2D eigenvalue weighted by molar-refractivity contribution is 0.260. The number of hydrogen-bond donors (Lipinski definition) is 0. The van der Waals surface area contributed by atoms with Crippen molar-refractivity contribution in [1.82, 2.24) is 4.90 Å². The molecule has 0 spiro atoms. The molecule has 2 aromatic carbocycles. The molecule has 1 fully saturated rings. The Bertz CT molecular complexity index is 779. The van der Waals surface area contributed by atoms with E-state index in [1.54, 1.807) is 28.4 Å². The van der Waals surface area contributed by atoms with Crippen LogP contribution in [-0.4, -0.2) is 66.1 Å². The van der Waals surface area contributed by atoms with Gasteiger partial charge in [-0.2, -0.15) is 0 Å². The number of halogens is 1. The molecule has 0 N–H and O–H groups in total. The lowest BCUT2D eigenvalue weighted by Crippen LogP contribution is -2.47. The molecule has 1 aliphatic heterocycles. The molecule has 0 aromatic heterocycles. The molecular weight excluding hydrogens is 392 g/mol. The highest BCUT2D eigenvalue weighted by molar-refractivity contribution is 5.85. The van der Waals surface area contributed by atoms with Gasteiger partial charge in [-0.3, -0.25) is 4.90 Å². The number of rotatable bonds is 8. The van der Waals surface area contributed by atoms with Crippen LogP contribution in [0.15, 0.2) is 36.4 Å². The predicted molar refractivity (Wildman–Crippen MR) is 119 cm³/mol. The number of hydrogen-bond acceptors (Lipinski definition) is 6. The van der Waals surface area contributed by atoms with Crippen molar-refractivity contribution in [3.05, 3.63) is 42.0 Å². The summed E-state index contributed by atoms with van der Waals surface area (Å²) in [5, 5.41) is 0. The molecule has 1 heterocycles. The van der Waals surface area contributed by atoms with Crippen molar-refractivity contribution in [3.63, 3.8) is 0 Å². The molecule has 3 rings (SSSR count). The zero-order valence-electron chi connectivity index (χ0n) is 17.6. The second kappa shape index (κ2) is 11.0. The number of ether oxygens (including phenoxy) is 4. The first kappa shape index (κ1) is 23.0. The highest BCUT2D eigenvalue weighted by Crippen LogP contribution is 2.33. The van der Waals surface area contributed by atoms with Gasteiger partial charge in [-0.05, 0) is 36.2 Å². The van der Waals surface area contributed by atoms with Crippen LogP contribution in [0.4, 0.5) is 5.69 Å². The van der Waals surface area contributed by atoms with E-state index in [2.05, 4.69) is 28.0 Å². The zero-order chi connectivity index (χ0) is 19.9. The third-order valence-electron chi connectivity index (χ3n) is 5.26. The lowest BCUT2D eigenvalue weighted by atomic mass is 10.1. The van der Waals surface area contributed by atoms with E-state index in [9.17, 15) is 0 Å². The fraction of sp³-hybridized carbons (Fsp3) is 0.455. The molecule has 7 heteroatoms. The maximum Gasteiger partial charge on any atom is 0.160 e. The molecule has 0 radical (unpaired) electrons. The van der Waals surface area contributed by atoms with Crippen molar-refractivity contribution < 1.29 is 18.9 Å². The number of methoxy groups -OCH3 is 4. The van der Waals surface area contributed by atoms with E-state index in [4.69, 9.17) is 18.9 Å². The number of anilines is 1. The Kier molecular flexibility index (Phi) is 8.73. The third-order valence-corrected chi connectivity index (χ3v) is 5.26. The normalized spacial score (nSPS) is 14.1. The summed E-state index contributed by atoms with van der Waals surface area (Å²) in [6.45, 7) is 5.00. The van der Waals surface area contributed by atoms with Gasteiger partial charge in [-0.25, -0.2) is 0 Å². The first-order valence-corrected chi connectivity index (χ1v) is 9.58. The summed E-state index contributed by atoms with van der Waals surface area (Å²) in [6.07, 6.45) is 0.989. The summed E-state index contributed by atoms with van der Waals surface area (Å²) in [7, 11) is 6.74. The van der Waals surface area contributed by atoms with Crippen LogP contribution in [0.5, 0.6) is 23.0 Å². The fourth-order valence-electron chi connectivity index (χ4n) is 3.58. The minimum Gasteiger partial charge on any atom is -0.497 e. The SMILES string of the molecule is COc1ccc(OC)c(N2CCN(CCc3ccc(OC)c(OC)c3)CC2)c1.Cl. The molecule has 29 heavy (non-hydrogen) atoms. The van der Waals surface area contributed by atoms with Crippen LogP contribution in [0.1, 0.15) is 5.56 Å². The first-order chi connectivity index (χ1) is 13.7. The average Bonchev–Trinajstić information content (AvgIpc) is 2.77. The van der Waals surface area contributed by atoms with Crippen molar-refractivity contribution in [1.29, 1.82) is 0 Å². The van der Waals surface area contributed by atoms with E-state index < -0.39 is 0 Å². The van der Waals surface area contributed by atoms with Gasteiger partial charge in [0.1, 0.15) is 11.5 Å². The Balaban J connectivity index is 0.00000300. The van der Waals surface area contributed by atoms with Gasteiger partial charge in [0.05, 0.1) is 34.1 Å². The summed E-state index contributed by atoms with van der Waals surface area (Å²) in [5.41, 5.74) is 2.36. The minimum absolute atomic E-state index is 0. The number of nitrogens with zero attached hydrogens (tertiary/aromatic N) is 2. The van der Waals surface area contributed by atoms with Crippen LogP contribution in [-0.2, 0) is 6.42 Å². The van der Waals surface area contributed by atoms with Gasteiger partial charge in [0.15, 0.2) is 11.5 Å². The summed E-state index contributed by atoms with van der Waals surface area (Å²) in [6, 6.07) is 12.1. The second-order valence-corrected chi connectivity index (χ2v) is 6.81. The molecule has 0 aliphatic carbocycles. The standard InChI is InChI=1S/C22H30N2O4.ClH/c1-25-18-6-8-20(26-2)19(16-18)24-13-11-23(12-14-24)10-9-17-5-7-21(27-3)22(15-17)28-4;/h5-8,15-16H,9-14H2,1-4H3;1H. The number of piperazine rings is 1. The fourth-order valence-corrected chi connectivity index (χ4v) is 3.58. The monoisotopic (exact) mass is 422 g/mol. The Morgan fingerprint density at radius 2 is 1.38 bits per heavy atom. The molecule has 0 bridgehead atoms. The van der Waals surface area contributed by atoms with Crippen LogP contribution in [0.3, 0.4) is 0 Å². The average molecular weight is 423 g/mol. The molecule has 0 saturated carbocycles. The van der Waals surface area contributed by atoms with Crippen molar-refractivity contribution in [2.24, 2.45) is 0 Å². The van der Waals surface area contributed by atoms with E-state index in [1.807, 2.05) is 18.2 Å². The molecule has 160 valence electrons. The van der Waals surface area contributed by atoms with Crippen LogP contribution in [0.25, 0.3) is 0 Å². The maximum absolute atomic E-state index is 5.54. The summed E-state index contributed by atoms with van der Waals surface area (Å²) in [5.74, 6) is 3.30. The predicted octanol–water partition coefficient (Wildman–Crippen LogP) is 3.51. The van der Waals surface area contributed by atoms with Gasteiger partial charge in [0, 0.05) is 38.8 Å². The summed E-state index contributed by atoms with van der Waals surface area (Å²) < 4.78 is 21.6. The van der Waals surface area contributed by atoms with Crippen LogP contribution in [0.2, 0.25) is 0 Å². The van der Waals surface area contributed by atoms with Gasteiger partial charge in [-0.15, -0.1) is 12.4 Å². The molecule has 0 unspecified atom stereocenters. The van der Waals surface area contributed by atoms with E-state index in [1.165, 1.54) is 5.56 Å². The van der Waals surface area contributed by atoms with Crippen molar-refractivity contribution >= 4 is 18.1 Å². The van der Waals surface area contributed by atoms with Gasteiger partial charge >= 0.3 is 0 Å². The molecule has 0 amide bonds. The number of benzene rings is 2. The Morgan fingerprint density at radius 1 is 0.724 bits per heavy atom. The quantitative estimate of drug-likeness (QED) is 0.648. The highest BCUT2D eigenvalue weighted by Gasteiger charge is 2.20. The first-order valence-electron chi connectivity index (χ1n) is 9.58. The summed E-state index contributed by atoms with van der Waals surface area (Å²) >= 11 is 0. The Hall–Kier alpha value is -2.31. The molecule has 1 aliphatic rings. The van der Waals surface area contributed by atoms with Crippen molar-refractivity contribution in [3.8, 4) is 23.0 Å². The van der Waals surface area contributed by atoms with Crippen LogP contribution < -0.4 is 23.8 Å². The van der Waals surface area contributed by atoms with Gasteiger partial charge < -0.3 is 23.8 Å². The second-order valence-electron chi connectivity index (χ2n) is 6.81. The largest absolute Gasteiger partial charge is 0.497 e. The van der Waals surface area contributed by atoms with E-state index in [0.717, 1.165) is 67.8 Å². The van der Waals surface area contributed by atoms with Crippen LogP contribution >= 0.6 is 12.4 Å². The van der Waals surface area contributed by atoms with Gasteiger partial charge in [0.25, 0.3) is 0 Å². The van der Waals surface area contributed by atoms with E-state index >= 15 is 0 Å². The van der Waals surface area contributed by atoms with Gasteiger partial charge in [0.2, 0.25) is 0 Å². The minimum atomic E-state index is 0. The summed E-state index contributed by atoms with van der Waals surface area (Å²) in [4.78, 5) is 4.87. The van der Waals surface area contributed by atoms with Crippen LogP contribution in [0, 0.1) is 0 Å². The third kappa shape index (κ3) is 5.61. The molecular formula is C22H31ClN2O4. The lowest BCUT2D eigenvalue weighted by Gasteiger charge is -2.36. The van der Waals surface area contributed by atoms with Gasteiger partial charge in [-0.1, -0.05) is 6.07 Å². The molecule has 0 atom stereocenters. The molecule has 6 nitrogen and oxygen atoms in total. The van der Waals surface area contributed by atoms with Crippen molar-refractivity contribution in [2.75, 3.05) is 66.1 Å². The Labute approximate surface area is 179 Å². The maximum atomic E-state index is 5.54. The molecule has 1 saturated heterocycles. The van der Waals surface area contributed by atoms with Crippen molar-refractivity contribution in [2.45, 2.75) is 6.42 Å². The van der Waals surface area contributed by atoms with E-state index in [0.29, 0.717) is 0 Å². The zero-order valence-corrected chi connectivity index (χ0v) is 18.5. The van der Waals surface area contributed by atoms with E-state index in [-0.39, 0.29) is 12.4 Å².